The molecule has 1 aliphatic carbocycles. The first kappa shape index (κ1) is 10.1. The molecule has 1 saturated heterocycles. The van der Waals surface area contributed by atoms with Gasteiger partial charge in [-0.3, -0.25) is 0 Å². The van der Waals surface area contributed by atoms with Crippen LogP contribution >= 0.6 is 0 Å². The fourth-order valence-electron chi connectivity index (χ4n) is 2.56. The molecule has 0 radical (unpaired) electrons. The molecule has 0 aromatic heterocycles. The van der Waals surface area contributed by atoms with Crippen LogP contribution in [-0.2, 0) is 12.8 Å². The number of hydrogen-bond donors (Lipinski definition) is 2. The molecule has 1 aromatic rings. The summed E-state index contributed by atoms with van der Waals surface area (Å²) in [6.45, 7) is 1.37. The quantitative estimate of drug-likeness (QED) is 0.776. The van der Waals surface area contributed by atoms with E-state index < -0.39 is 0 Å². The number of aliphatic hydroxyl groups excluding tert-OH is 1. The van der Waals surface area contributed by atoms with E-state index in [1.54, 1.807) is 0 Å². The predicted octanol–water partition coefficient (Wildman–Crippen LogP) is 0.887. The Morgan fingerprint density at radius 1 is 1.19 bits per heavy atom. The second-order valence-electron chi connectivity index (χ2n) is 4.67. The molecule has 1 fully saturated rings. The summed E-state index contributed by atoms with van der Waals surface area (Å²) in [5.41, 5.74) is 2.87. The van der Waals surface area contributed by atoms with E-state index in [9.17, 15) is 5.11 Å². The average molecular weight is 219 g/mol. The monoisotopic (exact) mass is 219 g/mol. The second kappa shape index (κ2) is 4.07. The molecular formula is C13H17NO2. The number of β-amino-alcohol motifs (C(OH)–C–C–N with tert-alkyl or cyclic N) is 1. The van der Waals surface area contributed by atoms with Crippen LogP contribution in [0.25, 0.3) is 0 Å². The number of nitrogens with one attached hydrogen (secondary N) is 1. The summed E-state index contributed by atoms with van der Waals surface area (Å²) in [5, 5.41) is 12.8. The lowest BCUT2D eigenvalue weighted by atomic mass is 10.1. The maximum absolute atomic E-state index is 9.66. The second-order valence-corrected chi connectivity index (χ2v) is 4.67. The van der Waals surface area contributed by atoms with Crippen LogP contribution in [0.2, 0.25) is 0 Å². The van der Waals surface area contributed by atoms with Gasteiger partial charge in [0.25, 0.3) is 0 Å². The normalized spacial score (nSPS) is 28.1. The van der Waals surface area contributed by atoms with Crippen molar-refractivity contribution in [3.8, 4) is 5.75 Å². The lowest BCUT2D eigenvalue weighted by Gasteiger charge is -2.16. The lowest BCUT2D eigenvalue weighted by molar-refractivity contribution is 0.0737. The Morgan fingerprint density at radius 3 is 2.88 bits per heavy atom. The minimum absolute atomic E-state index is 0.0977. The highest BCUT2D eigenvalue weighted by atomic mass is 16.5. The zero-order valence-electron chi connectivity index (χ0n) is 9.28. The first-order valence-corrected chi connectivity index (χ1v) is 6.00. The Bertz CT molecular complexity index is 392. The summed E-state index contributed by atoms with van der Waals surface area (Å²) in [6, 6.07) is 6.31. The maximum Gasteiger partial charge on any atom is 0.138 e. The van der Waals surface area contributed by atoms with Gasteiger partial charge in [0.15, 0.2) is 0 Å². The number of fused-ring (bicyclic) bond motifs is 1. The van der Waals surface area contributed by atoms with Crippen molar-refractivity contribution in [2.75, 3.05) is 13.1 Å². The molecular weight excluding hydrogens is 202 g/mol. The third kappa shape index (κ3) is 1.81. The van der Waals surface area contributed by atoms with Gasteiger partial charge in [-0.05, 0) is 42.5 Å². The van der Waals surface area contributed by atoms with Crippen molar-refractivity contribution in [1.82, 2.24) is 5.32 Å². The molecule has 3 nitrogen and oxygen atoms in total. The van der Waals surface area contributed by atoms with Gasteiger partial charge in [-0.15, -0.1) is 0 Å². The van der Waals surface area contributed by atoms with Crippen molar-refractivity contribution in [2.24, 2.45) is 0 Å². The topological polar surface area (TPSA) is 41.5 Å². The van der Waals surface area contributed by atoms with Crippen molar-refractivity contribution in [2.45, 2.75) is 31.5 Å². The average Bonchev–Trinajstić information content (AvgIpc) is 2.88. The van der Waals surface area contributed by atoms with E-state index >= 15 is 0 Å². The highest BCUT2D eigenvalue weighted by Crippen LogP contribution is 2.27. The Hall–Kier alpha value is -1.06. The van der Waals surface area contributed by atoms with E-state index in [4.69, 9.17) is 4.74 Å². The Balaban J connectivity index is 1.75. The van der Waals surface area contributed by atoms with E-state index in [1.807, 2.05) is 6.07 Å². The van der Waals surface area contributed by atoms with Gasteiger partial charge in [0.1, 0.15) is 18.0 Å². The molecule has 1 aromatic carbocycles. The van der Waals surface area contributed by atoms with Crippen LogP contribution in [-0.4, -0.2) is 30.4 Å². The van der Waals surface area contributed by atoms with Crippen LogP contribution in [0, 0.1) is 0 Å². The van der Waals surface area contributed by atoms with Crippen LogP contribution in [0.5, 0.6) is 5.75 Å². The minimum atomic E-state index is -0.381. The molecule has 0 saturated carbocycles. The lowest BCUT2D eigenvalue weighted by Crippen LogP contribution is -2.29. The first-order valence-electron chi connectivity index (χ1n) is 6.00. The molecule has 1 heterocycles. The summed E-state index contributed by atoms with van der Waals surface area (Å²) in [4.78, 5) is 0. The highest BCUT2D eigenvalue weighted by Gasteiger charge is 2.26. The van der Waals surface area contributed by atoms with Crippen LogP contribution in [0.4, 0.5) is 0 Å². The maximum atomic E-state index is 9.66. The van der Waals surface area contributed by atoms with E-state index in [2.05, 4.69) is 17.4 Å². The van der Waals surface area contributed by atoms with Crippen LogP contribution in [0.3, 0.4) is 0 Å². The summed E-state index contributed by atoms with van der Waals surface area (Å²) in [6.07, 6.45) is 3.14. The molecule has 0 amide bonds. The molecule has 2 atom stereocenters. The van der Waals surface area contributed by atoms with Gasteiger partial charge < -0.3 is 15.2 Å². The number of aliphatic hydroxyl groups is 1. The smallest absolute Gasteiger partial charge is 0.138 e. The number of ether oxygens (including phenoxy) is 1. The zero-order valence-corrected chi connectivity index (χ0v) is 9.28. The Labute approximate surface area is 95.4 Å². The third-order valence-electron chi connectivity index (χ3n) is 3.49. The zero-order chi connectivity index (χ0) is 11.0. The molecule has 3 rings (SSSR count). The summed E-state index contributed by atoms with van der Waals surface area (Å²) >= 11 is 0. The largest absolute Gasteiger partial charge is 0.486 e. The standard InChI is InChI=1S/C13H17NO2/c15-12-7-14-8-13(12)16-11-5-4-9-2-1-3-10(9)6-11/h4-6,12-15H,1-3,7-8H2. The van der Waals surface area contributed by atoms with E-state index in [-0.39, 0.29) is 12.2 Å². The molecule has 1 aliphatic heterocycles. The van der Waals surface area contributed by atoms with E-state index in [0.717, 1.165) is 18.7 Å². The minimum Gasteiger partial charge on any atom is -0.486 e. The van der Waals surface area contributed by atoms with E-state index in [1.165, 1.54) is 24.0 Å². The van der Waals surface area contributed by atoms with Gasteiger partial charge >= 0.3 is 0 Å². The molecule has 2 N–H and O–H groups in total. The van der Waals surface area contributed by atoms with Crippen LogP contribution < -0.4 is 10.1 Å². The third-order valence-corrected chi connectivity index (χ3v) is 3.49. The van der Waals surface area contributed by atoms with Gasteiger partial charge in [0, 0.05) is 13.1 Å². The fraction of sp³-hybridized carbons (Fsp3) is 0.538. The number of benzene rings is 1. The van der Waals surface area contributed by atoms with Crippen molar-refractivity contribution >= 4 is 0 Å². The number of rotatable bonds is 2. The molecule has 0 spiro atoms. The Kier molecular flexibility index (Phi) is 2.58. The van der Waals surface area contributed by atoms with Crippen molar-refractivity contribution in [3.63, 3.8) is 0 Å². The molecule has 3 heteroatoms. The fourth-order valence-corrected chi connectivity index (χ4v) is 2.56. The Morgan fingerprint density at radius 2 is 2.06 bits per heavy atom. The molecule has 0 bridgehead atoms. The number of aryl methyl sites for hydroxylation is 2. The summed E-state index contributed by atoms with van der Waals surface area (Å²) < 4.78 is 5.80. The highest BCUT2D eigenvalue weighted by molar-refractivity contribution is 5.38. The van der Waals surface area contributed by atoms with Gasteiger partial charge in [-0.1, -0.05) is 6.07 Å². The van der Waals surface area contributed by atoms with Crippen LogP contribution in [0.15, 0.2) is 18.2 Å². The van der Waals surface area contributed by atoms with Crippen LogP contribution in [0.1, 0.15) is 17.5 Å². The van der Waals surface area contributed by atoms with Gasteiger partial charge in [0.2, 0.25) is 0 Å². The first-order chi connectivity index (χ1) is 7.83. The van der Waals surface area contributed by atoms with Crippen molar-refractivity contribution < 1.29 is 9.84 Å². The molecule has 16 heavy (non-hydrogen) atoms. The van der Waals surface area contributed by atoms with Gasteiger partial charge in [-0.2, -0.15) is 0 Å². The van der Waals surface area contributed by atoms with Gasteiger partial charge in [-0.25, -0.2) is 0 Å². The van der Waals surface area contributed by atoms with Crippen molar-refractivity contribution in [3.05, 3.63) is 29.3 Å². The molecule has 2 aliphatic rings. The molecule has 86 valence electrons. The number of hydrogen-bond acceptors (Lipinski definition) is 3. The van der Waals surface area contributed by atoms with E-state index in [0.29, 0.717) is 6.54 Å². The van der Waals surface area contributed by atoms with Crippen molar-refractivity contribution in [1.29, 1.82) is 0 Å². The predicted molar refractivity (Wildman–Crippen MR) is 61.8 cm³/mol. The summed E-state index contributed by atoms with van der Waals surface area (Å²) in [5.74, 6) is 0.897. The molecule has 2 unspecified atom stereocenters. The summed E-state index contributed by atoms with van der Waals surface area (Å²) in [7, 11) is 0. The SMILES string of the molecule is OC1CNCC1Oc1ccc2c(c1)CCC2. The van der Waals surface area contributed by atoms with Gasteiger partial charge in [0.05, 0.1) is 0 Å².